The molecule has 1 N–H and O–H groups in total. The summed E-state index contributed by atoms with van der Waals surface area (Å²) >= 11 is 0. The number of carbonyl (C=O) groups is 1. The van der Waals surface area contributed by atoms with Gasteiger partial charge in [0.2, 0.25) is 10.0 Å². The molecule has 126 valence electrons. The molecule has 2 heterocycles. The van der Waals surface area contributed by atoms with Gasteiger partial charge in [0.05, 0.1) is 24.2 Å². The minimum absolute atomic E-state index is 0.137. The van der Waals surface area contributed by atoms with Crippen LogP contribution < -0.4 is 9.62 Å². The Kier molecular flexibility index (Phi) is 4.28. The van der Waals surface area contributed by atoms with Crippen LogP contribution in [0.15, 0.2) is 42.6 Å². The molecule has 1 atom stereocenters. The first-order valence-corrected chi connectivity index (χ1v) is 9.51. The average molecular weight is 345 g/mol. The lowest BCUT2D eigenvalue weighted by atomic mass is 10.1. The summed E-state index contributed by atoms with van der Waals surface area (Å²) in [4.78, 5) is 16.5. The number of amides is 1. The third-order valence-corrected chi connectivity index (χ3v) is 5.28. The van der Waals surface area contributed by atoms with Gasteiger partial charge in [-0.05, 0) is 49.2 Å². The van der Waals surface area contributed by atoms with Gasteiger partial charge in [0.15, 0.2) is 0 Å². The Morgan fingerprint density at radius 2 is 2.12 bits per heavy atom. The van der Waals surface area contributed by atoms with Gasteiger partial charge >= 0.3 is 0 Å². The van der Waals surface area contributed by atoms with E-state index >= 15 is 0 Å². The summed E-state index contributed by atoms with van der Waals surface area (Å²) in [7, 11) is -3.32. The van der Waals surface area contributed by atoms with Gasteiger partial charge in [-0.3, -0.25) is 14.1 Å². The summed E-state index contributed by atoms with van der Waals surface area (Å²) in [6.45, 7) is 2.21. The van der Waals surface area contributed by atoms with E-state index in [4.69, 9.17) is 0 Å². The van der Waals surface area contributed by atoms with E-state index in [-0.39, 0.29) is 11.9 Å². The largest absolute Gasteiger partial charge is 0.346 e. The number of carbonyl (C=O) groups excluding carboxylic acids is 1. The van der Waals surface area contributed by atoms with Crippen LogP contribution in [-0.2, 0) is 23.0 Å². The number of fused-ring (bicyclic) bond motifs is 1. The van der Waals surface area contributed by atoms with Gasteiger partial charge in [0.1, 0.15) is 0 Å². The number of benzene rings is 1. The van der Waals surface area contributed by atoms with Crippen LogP contribution in [0.5, 0.6) is 0 Å². The smallest absolute Gasteiger partial charge is 0.251 e. The Balaban J connectivity index is 1.77. The van der Waals surface area contributed by atoms with Gasteiger partial charge in [-0.15, -0.1) is 0 Å². The number of pyridine rings is 1. The number of hydrogen-bond donors (Lipinski definition) is 1. The molecule has 0 fully saturated rings. The lowest BCUT2D eigenvalue weighted by Gasteiger charge is -2.21. The maximum atomic E-state index is 12.3. The van der Waals surface area contributed by atoms with E-state index in [1.165, 1.54) is 10.6 Å². The number of aromatic nitrogens is 1. The van der Waals surface area contributed by atoms with Crippen LogP contribution >= 0.6 is 0 Å². The molecule has 3 rings (SSSR count). The van der Waals surface area contributed by atoms with Gasteiger partial charge in [-0.1, -0.05) is 6.07 Å². The molecule has 0 radical (unpaired) electrons. The van der Waals surface area contributed by atoms with E-state index < -0.39 is 10.0 Å². The summed E-state index contributed by atoms with van der Waals surface area (Å²) < 4.78 is 25.3. The summed E-state index contributed by atoms with van der Waals surface area (Å²) in [6, 6.07) is 10.5. The third kappa shape index (κ3) is 3.26. The minimum atomic E-state index is -3.32. The zero-order chi connectivity index (χ0) is 17.3. The van der Waals surface area contributed by atoms with E-state index in [0.29, 0.717) is 24.2 Å². The third-order valence-electron chi connectivity index (χ3n) is 4.01. The molecular weight excluding hydrogens is 326 g/mol. The molecule has 1 aromatic heterocycles. The molecule has 24 heavy (non-hydrogen) atoms. The summed E-state index contributed by atoms with van der Waals surface area (Å²) in [5.74, 6) is -0.200. The Bertz CT molecular complexity index is 866. The Morgan fingerprint density at radius 3 is 2.79 bits per heavy atom. The molecule has 0 saturated carbocycles. The van der Waals surface area contributed by atoms with Crippen molar-refractivity contribution in [3.63, 3.8) is 0 Å². The highest BCUT2D eigenvalue weighted by Crippen LogP contribution is 2.34. The van der Waals surface area contributed by atoms with Crippen molar-refractivity contribution in [2.45, 2.75) is 25.9 Å². The summed E-state index contributed by atoms with van der Waals surface area (Å²) in [5.41, 5.74) is 2.83. The standard InChI is InChI=1S/C17H19N3O3S/c1-12-9-14-10-13(6-7-16(14)20(12)24(2,22)23)17(21)19-11-15-5-3-4-8-18-15/h3-8,10,12H,9,11H2,1-2H3,(H,19,21). The quantitative estimate of drug-likeness (QED) is 0.915. The predicted octanol–water partition coefficient (Wildman–Crippen LogP) is 1.72. The van der Waals surface area contributed by atoms with E-state index in [2.05, 4.69) is 10.3 Å². The molecule has 1 aromatic carbocycles. The van der Waals surface area contributed by atoms with Crippen LogP contribution in [0.1, 0.15) is 28.5 Å². The molecule has 1 unspecified atom stereocenters. The van der Waals surface area contributed by atoms with E-state index in [9.17, 15) is 13.2 Å². The zero-order valence-corrected chi connectivity index (χ0v) is 14.4. The van der Waals surface area contributed by atoms with Crippen LogP contribution in [0.4, 0.5) is 5.69 Å². The van der Waals surface area contributed by atoms with Gasteiger partial charge in [0, 0.05) is 17.8 Å². The molecular formula is C17H19N3O3S. The average Bonchev–Trinajstić information content (AvgIpc) is 2.88. The molecule has 6 nitrogen and oxygen atoms in total. The molecule has 1 amide bonds. The second-order valence-corrected chi connectivity index (χ2v) is 7.82. The highest BCUT2D eigenvalue weighted by molar-refractivity contribution is 7.92. The van der Waals surface area contributed by atoms with Crippen molar-refractivity contribution < 1.29 is 13.2 Å². The summed E-state index contributed by atoms with van der Waals surface area (Å²) in [5, 5.41) is 2.83. The second-order valence-electron chi connectivity index (χ2n) is 5.96. The highest BCUT2D eigenvalue weighted by atomic mass is 32.2. The first-order valence-electron chi connectivity index (χ1n) is 7.66. The molecule has 1 aliphatic rings. The monoisotopic (exact) mass is 345 g/mol. The fourth-order valence-corrected chi connectivity index (χ4v) is 4.29. The lowest BCUT2D eigenvalue weighted by molar-refractivity contribution is 0.0950. The number of sulfonamides is 1. The SMILES string of the molecule is CC1Cc2cc(C(=O)NCc3ccccn3)ccc2N1S(C)(=O)=O. The second kappa shape index (κ2) is 6.24. The van der Waals surface area contributed by atoms with Gasteiger partial charge in [-0.2, -0.15) is 0 Å². The Labute approximate surface area is 141 Å². The molecule has 0 spiro atoms. The molecule has 2 aromatic rings. The topological polar surface area (TPSA) is 79.4 Å². The number of nitrogens with one attached hydrogen (secondary N) is 1. The van der Waals surface area contributed by atoms with Crippen LogP contribution in [0, 0.1) is 0 Å². The Morgan fingerprint density at radius 1 is 1.33 bits per heavy atom. The fourth-order valence-electron chi connectivity index (χ4n) is 3.02. The summed E-state index contributed by atoms with van der Waals surface area (Å²) in [6.07, 6.45) is 3.48. The van der Waals surface area contributed by atoms with Crippen molar-refractivity contribution in [3.05, 3.63) is 59.4 Å². The number of nitrogens with zero attached hydrogens (tertiary/aromatic N) is 2. The van der Waals surface area contributed by atoms with Gasteiger partial charge < -0.3 is 5.32 Å². The van der Waals surface area contributed by atoms with Crippen molar-refractivity contribution in [2.75, 3.05) is 10.6 Å². The van der Waals surface area contributed by atoms with Crippen LogP contribution in [-0.4, -0.2) is 31.6 Å². The maximum Gasteiger partial charge on any atom is 0.251 e. The van der Waals surface area contributed by atoms with Crippen LogP contribution in [0.25, 0.3) is 0 Å². The normalized spacial score (nSPS) is 16.8. The lowest BCUT2D eigenvalue weighted by Crippen LogP contribution is -2.34. The van der Waals surface area contributed by atoms with Crippen LogP contribution in [0.2, 0.25) is 0 Å². The first-order chi connectivity index (χ1) is 11.4. The Hall–Kier alpha value is -2.41. The number of anilines is 1. The molecule has 7 heteroatoms. The van der Waals surface area contributed by atoms with Gasteiger partial charge in [0.25, 0.3) is 5.91 Å². The molecule has 0 bridgehead atoms. The van der Waals surface area contributed by atoms with E-state index in [1.807, 2.05) is 25.1 Å². The van der Waals surface area contributed by atoms with Gasteiger partial charge in [-0.25, -0.2) is 8.42 Å². The van der Waals surface area contributed by atoms with E-state index in [1.54, 1.807) is 24.4 Å². The van der Waals surface area contributed by atoms with Crippen molar-refractivity contribution in [2.24, 2.45) is 0 Å². The molecule has 1 aliphatic heterocycles. The van der Waals surface area contributed by atoms with Crippen molar-refractivity contribution >= 4 is 21.6 Å². The predicted molar refractivity (Wildman–Crippen MR) is 92.3 cm³/mol. The zero-order valence-electron chi connectivity index (χ0n) is 13.6. The fraction of sp³-hybridized carbons (Fsp3) is 0.294. The van der Waals surface area contributed by atoms with Crippen LogP contribution in [0.3, 0.4) is 0 Å². The number of rotatable bonds is 4. The van der Waals surface area contributed by atoms with E-state index in [0.717, 1.165) is 11.3 Å². The van der Waals surface area contributed by atoms with Crippen molar-refractivity contribution in [3.8, 4) is 0 Å². The number of hydrogen-bond acceptors (Lipinski definition) is 4. The first kappa shape index (κ1) is 16.4. The van der Waals surface area contributed by atoms with Crippen molar-refractivity contribution in [1.82, 2.24) is 10.3 Å². The molecule has 0 aliphatic carbocycles. The maximum absolute atomic E-state index is 12.3. The molecule has 0 saturated heterocycles. The van der Waals surface area contributed by atoms with Crippen molar-refractivity contribution in [1.29, 1.82) is 0 Å². The minimum Gasteiger partial charge on any atom is -0.346 e. The highest BCUT2D eigenvalue weighted by Gasteiger charge is 2.32.